The van der Waals surface area contributed by atoms with Gasteiger partial charge in [-0.15, -0.1) is 5.10 Å². The van der Waals surface area contributed by atoms with Gasteiger partial charge in [0.2, 0.25) is 5.91 Å². The molecule has 4 aromatic rings. The number of aromatic nitrogens is 4. The maximum Gasteiger partial charge on any atom is 0.270 e. The zero-order valence-electron chi connectivity index (χ0n) is 22.3. The monoisotopic (exact) mass is 553 g/mol. The van der Waals surface area contributed by atoms with Crippen molar-refractivity contribution >= 4 is 28.4 Å². The fraction of sp³-hybridized carbons (Fsp3) is 0.379. The van der Waals surface area contributed by atoms with Crippen molar-refractivity contribution in [2.24, 2.45) is 13.0 Å². The summed E-state index contributed by atoms with van der Waals surface area (Å²) in [4.78, 5) is 18.4. The molecule has 2 aromatic heterocycles. The fourth-order valence-corrected chi connectivity index (χ4v) is 5.69. The van der Waals surface area contributed by atoms with Crippen LogP contribution in [0.1, 0.15) is 54.4 Å². The number of hydrogen-bond acceptors (Lipinski definition) is 5. The van der Waals surface area contributed by atoms with Gasteiger partial charge in [-0.3, -0.25) is 9.78 Å². The summed E-state index contributed by atoms with van der Waals surface area (Å²) in [6.07, 6.45) is 2.61. The van der Waals surface area contributed by atoms with Crippen molar-refractivity contribution in [3.8, 4) is 0 Å². The first-order valence-corrected chi connectivity index (χ1v) is 13.2. The van der Waals surface area contributed by atoms with E-state index in [9.17, 15) is 18.7 Å². The first-order valence-electron chi connectivity index (χ1n) is 12.8. The van der Waals surface area contributed by atoms with Crippen molar-refractivity contribution in [1.82, 2.24) is 24.9 Å². The molecule has 1 fully saturated rings. The number of fused-ring (bicyclic) bond motifs is 1. The summed E-state index contributed by atoms with van der Waals surface area (Å²) >= 11 is 7.03. The van der Waals surface area contributed by atoms with Gasteiger partial charge in [0.1, 0.15) is 5.60 Å². The third-order valence-electron chi connectivity index (χ3n) is 7.74. The van der Waals surface area contributed by atoms with Crippen molar-refractivity contribution in [2.75, 3.05) is 13.1 Å². The zero-order chi connectivity index (χ0) is 28.1. The summed E-state index contributed by atoms with van der Waals surface area (Å²) < 4.78 is 28.9. The molecule has 1 amide bonds. The van der Waals surface area contributed by atoms with Crippen molar-refractivity contribution in [2.45, 2.75) is 45.1 Å². The highest BCUT2D eigenvalue weighted by Crippen LogP contribution is 2.43. The number of hydrogen-bond donors (Lipinski definition) is 1. The summed E-state index contributed by atoms with van der Waals surface area (Å²) in [5.41, 5.74) is 2.77. The molecular formula is C29H30ClF2N5O2. The first kappa shape index (κ1) is 27.1. The lowest BCUT2D eigenvalue weighted by Crippen LogP contribution is -2.58. The number of amides is 1. The van der Waals surface area contributed by atoms with E-state index in [1.807, 2.05) is 25.1 Å². The molecule has 7 nitrogen and oxygen atoms in total. The van der Waals surface area contributed by atoms with Crippen LogP contribution < -0.4 is 0 Å². The number of likely N-dealkylation sites (tertiary alicyclic amines) is 1. The van der Waals surface area contributed by atoms with Gasteiger partial charge in [-0.1, -0.05) is 54.1 Å². The molecule has 0 radical (unpaired) electrons. The number of benzene rings is 2. The Morgan fingerprint density at radius 3 is 2.38 bits per heavy atom. The van der Waals surface area contributed by atoms with Crippen LogP contribution in [0, 0.1) is 5.92 Å². The highest BCUT2D eigenvalue weighted by molar-refractivity contribution is 6.36. The molecule has 39 heavy (non-hydrogen) atoms. The molecule has 1 saturated heterocycles. The van der Waals surface area contributed by atoms with E-state index >= 15 is 0 Å². The van der Waals surface area contributed by atoms with Crippen molar-refractivity contribution in [3.05, 3.63) is 87.3 Å². The van der Waals surface area contributed by atoms with Crippen LogP contribution in [0.4, 0.5) is 8.78 Å². The number of rotatable bonds is 7. The number of carbonyl (C=O) groups excluding carboxylic acids is 1. The lowest BCUT2D eigenvalue weighted by atomic mass is 9.74. The minimum Gasteiger partial charge on any atom is -0.378 e. The van der Waals surface area contributed by atoms with Crippen LogP contribution in [0.5, 0.6) is 0 Å². The molecule has 204 valence electrons. The Bertz CT molecular complexity index is 1540. The van der Waals surface area contributed by atoms with Gasteiger partial charge in [-0.25, -0.2) is 13.5 Å². The van der Waals surface area contributed by atoms with E-state index in [-0.39, 0.29) is 17.4 Å². The highest BCUT2D eigenvalue weighted by atomic mass is 35.5. The number of halogens is 3. The second-order valence-corrected chi connectivity index (χ2v) is 10.7. The summed E-state index contributed by atoms with van der Waals surface area (Å²) in [6, 6.07) is 11.8. The van der Waals surface area contributed by atoms with Gasteiger partial charge in [0.25, 0.3) is 5.92 Å². The number of pyridine rings is 1. The van der Waals surface area contributed by atoms with Gasteiger partial charge < -0.3 is 10.0 Å². The molecule has 0 saturated carbocycles. The van der Waals surface area contributed by atoms with Crippen LogP contribution in [0.15, 0.2) is 48.7 Å². The summed E-state index contributed by atoms with van der Waals surface area (Å²) in [7, 11) is 1.72. The average Bonchev–Trinajstić information content (AvgIpc) is 3.30. The topological polar surface area (TPSA) is 84.1 Å². The third-order valence-corrected chi connectivity index (χ3v) is 8.17. The second-order valence-electron chi connectivity index (χ2n) is 10.3. The van der Waals surface area contributed by atoms with Crippen molar-refractivity contribution in [3.63, 3.8) is 0 Å². The van der Waals surface area contributed by atoms with E-state index in [1.165, 1.54) is 29.9 Å². The molecule has 2 aromatic carbocycles. The molecular weight excluding hydrogens is 524 g/mol. The Morgan fingerprint density at radius 1 is 1.15 bits per heavy atom. The number of aryl methyl sites for hydroxylation is 2. The molecule has 3 heterocycles. The summed E-state index contributed by atoms with van der Waals surface area (Å²) in [5, 5.41) is 21.4. The number of nitrogens with zero attached hydrogens (tertiary/aromatic N) is 5. The fourth-order valence-electron chi connectivity index (χ4n) is 5.37. The SMILES string of the molecule is CCc1nc2ccc(C(O)(c3cnnn3C)C3CN(C(C)=O)C3)cc2c(Cl)c1Cc1ccc(C(C)(F)F)cc1. The molecule has 5 rings (SSSR count). The van der Waals surface area contributed by atoms with Crippen LogP contribution in [0.2, 0.25) is 5.02 Å². The molecule has 1 aliphatic rings. The molecule has 1 N–H and O–H groups in total. The van der Waals surface area contributed by atoms with Crippen LogP contribution in [-0.2, 0) is 36.2 Å². The minimum atomic E-state index is -2.91. The van der Waals surface area contributed by atoms with E-state index in [1.54, 1.807) is 24.1 Å². The Hall–Kier alpha value is -3.43. The largest absolute Gasteiger partial charge is 0.378 e. The smallest absolute Gasteiger partial charge is 0.270 e. The Labute approximate surface area is 230 Å². The number of alkyl halides is 2. The van der Waals surface area contributed by atoms with Crippen molar-refractivity contribution < 1.29 is 18.7 Å². The molecule has 1 atom stereocenters. The van der Waals surface area contributed by atoms with Crippen LogP contribution in [0.3, 0.4) is 0 Å². The molecule has 0 spiro atoms. The minimum absolute atomic E-state index is 0.0439. The molecule has 10 heteroatoms. The van der Waals surface area contributed by atoms with Gasteiger partial charge >= 0.3 is 0 Å². The van der Waals surface area contributed by atoms with E-state index in [0.717, 1.165) is 23.7 Å². The first-order chi connectivity index (χ1) is 18.4. The second kappa shape index (κ2) is 9.95. The van der Waals surface area contributed by atoms with E-state index in [0.29, 0.717) is 53.1 Å². The van der Waals surface area contributed by atoms with Crippen molar-refractivity contribution in [1.29, 1.82) is 0 Å². The van der Waals surface area contributed by atoms with Crippen LogP contribution >= 0.6 is 11.6 Å². The molecule has 0 bridgehead atoms. The highest BCUT2D eigenvalue weighted by Gasteiger charge is 2.49. The quantitative estimate of drug-likeness (QED) is 0.348. The van der Waals surface area contributed by atoms with Gasteiger partial charge in [0.15, 0.2) is 0 Å². The standard InChI is InChI=1S/C29H30ClF2N5O2/c1-5-24-22(12-18-6-8-19(9-7-18)28(3,31)32)27(30)23-13-20(10-11-25(23)34-24)29(39,26-14-33-35-36(26)4)21-15-37(16-21)17(2)38/h6-11,13-14,21,39H,5,12,15-16H2,1-4H3. The zero-order valence-corrected chi connectivity index (χ0v) is 23.0. The van der Waals surface area contributed by atoms with Gasteiger partial charge in [0.05, 0.1) is 22.4 Å². The number of aliphatic hydroxyl groups is 1. The van der Waals surface area contributed by atoms with Gasteiger partial charge in [-0.2, -0.15) is 0 Å². The predicted molar refractivity (Wildman–Crippen MR) is 145 cm³/mol. The summed E-state index contributed by atoms with van der Waals surface area (Å²) in [5.74, 6) is -3.23. The molecule has 1 unspecified atom stereocenters. The van der Waals surface area contributed by atoms with E-state index in [2.05, 4.69) is 10.3 Å². The molecule has 1 aliphatic heterocycles. The van der Waals surface area contributed by atoms with Crippen LogP contribution in [0.25, 0.3) is 10.9 Å². The maximum atomic E-state index is 13.7. The van der Waals surface area contributed by atoms with Gasteiger partial charge in [0, 0.05) is 63.0 Å². The third kappa shape index (κ3) is 4.78. The average molecular weight is 554 g/mol. The van der Waals surface area contributed by atoms with E-state index in [4.69, 9.17) is 16.6 Å². The Kier molecular flexibility index (Phi) is 6.93. The van der Waals surface area contributed by atoms with E-state index < -0.39 is 11.5 Å². The van der Waals surface area contributed by atoms with Gasteiger partial charge in [-0.05, 0) is 35.2 Å². The Morgan fingerprint density at radius 2 is 1.82 bits per heavy atom. The normalized spacial score (nSPS) is 15.8. The van der Waals surface area contributed by atoms with Crippen LogP contribution in [-0.4, -0.2) is 49.0 Å². The molecule has 0 aliphatic carbocycles. The lowest BCUT2D eigenvalue weighted by Gasteiger charge is -2.47. The summed E-state index contributed by atoms with van der Waals surface area (Å²) in [6.45, 7) is 5.18. The lowest BCUT2D eigenvalue weighted by molar-refractivity contribution is -0.142. The maximum absolute atomic E-state index is 13.7. The Balaban J connectivity index is 1.59. The number of carbonyl (C=O) groups is 1. The predicted octanol–water partition coefficient (Wildman–Crippen LogP) is 5.00.